The highest BCUT2D eigenvalue weighted by atomic mass is 15.2. The second kappa shape index (κ2) is 6.64. The van der Waals surface area contributed by atoms with Crippen molar-refractivity contribution in [2.75, 3.05) is 11.9 Å². The minimum Gasteiger partial charge on any atom is -0.370 e. The highest BCUT2D eigenvalue weighted by molar-refractivity contribution is 5.92. The second-order valence-corrected chi connectivity index (χ2v) is 5.85. The summed E-state index contributed by atoms with van der Waals surface area (Å²) >= 11 is 0. The Morgan fingerprint density at radius 2 is 2.23 bits per heavy atom. The SMILES string of the molecule is Cn1cc(CCCN=C(N)Nc2ccc3c(c2)CCC3)cn1. The molecule has 0 saturated heterocycles. The van der Waals surface area contributed by atoms with E-state index in [1.54, 1.807) is 0 Å². The Balaban J connectivity index is 1.47. The molecule has 0 bridgehead atoms. The Labute approximate surface area is 131 Å². The molecule has 3 rings (SSSR count). The van der Waals surface area contributed by atoms with E-state index in [0.29, 0.717) is 5.96 Å². The van der Waals surface area contributed by atoms with Gasteiger partial charge in [0.1, 0.15) is 0 Å². The van der Waals surface area contributed by atoms with Crippen LogP contribution in [0.1, 0.15) is 29.5 Å². The first kappa shape index (κ1) is 14.6. The molecule has 1 aliphatic carbocycles. The van der Waals surface area contributed by atoms with Gasteiger partial charge < -0.3 is 11.1 Å². The lowest BCUT2D eigenvalue weighted by atomic mass is 10.1. The van der Waals surface area contributed by atoms with Gasteiger partial charge in [-0.3, -0.25) is 9.67 Å². The molecule has 1 heterocycles. The van der Waals surface area contributed by atoms with Crippen LogP contribution >= 0.6 is 0 Å². The predicted molar refractivity (Wildman–Crippen MR) is 90.1 cm³/mol. The molecule has 22 heavy (non-hydrogen) atoms. The number of nitrogens with zero attached hydrogens (tertiary/aromatic N) is 3. The van der Waals surface area contributed by atoms with E-state index in [1.807, 2.05) is 24.1 Å². The molecule has 1 aromatic carbocycles. The monoisotopic (exact) mass is 297 g/mol. The van der Waals surface area contributed by atoms with Gasteiger partial charge in [0, 0.05) is 25.5 Å². The van der Waals surface area contributed by atoms with Gasteiger partial charge in [-0.2, -0.15) is 5.10 Å². The van der Waals surface area contributed by atoms with Gasteiger partial charge >= 0.3 is 0 Å². The fraction of sp³-hybridized carbons (Fsp3) is 0.412. The quantitative estimate of drug-likeness (QED) is 0.505. The van der Waals surface area contributed by atoms with Gasteiger partial charge in [-0.05, 0) is 60.9 Å². The number of nitrogens with one attached hydrogen (secondary N) is 1. The van der Waals surface area contributed by atoms with Gasteiger partial charge in [-0.25, -0.2) is 0 Å². The number of benzene rings is 1. The Hall–Kier alpha value is -2.30. The minimum atomic E-state index is 0.490. The Morgan fingerprint density at radius 3 is 3.05 bits per heavy atom. The van der Waals surface area contributed by atoms with Crippen molar-refractivity contribution in [3.05, 3.63) is 47.3 Å². The molecule has 0 radical (unpaired) electrons. The Bertz CT molecular complexity index is 671. The average molecular weight is 297 g/mol. The average Bonchev–Trinajstić information content (AvgIpc) is 3.12. The van der Waals surface area contributed by atoms with E-state index in [2.05, 4.69) is 33.6 Å². The van der Waals surface area contributed by atoms with Crippen molar-refractivity contribution in [1.82, 2.24) is 9.78 Å². The fourth-order valence-electron chi connectivity index (χ4n) is 2.92. The Kier molecular flexibility index (Phi) is 4.42. The highest BCUT2D eigenvalue weighted by Crippen LogP contribution is 2.24. The summed E-state index contributed by atoms with van der Waals surface area (Å²) < 4.78 is 1.82. The number of rotatable bonds is 5. The number of aryl methyl sites for hydroxylation is 4. The number of aromatic nitrogens is 2. The first-order chi connectivity index (χ1) is 10.7. The van der Waals surface area contributed by atoms with Crippen LogP contribution in [-0.2, 0) is 26.3 Å². The molecular weight excluding hydrogens is 274 g/mol. The van der Waals surface area contributed by atoms with Gasteiger partial charge in [0.25, 0.3) is 0 Å². The van der Waals surface area contributed by atoms with Crippen LogP contribution in [0.15, 0.2) is 35.6 Å². The molecule has 0 amide bonds. The minimum absolute atomic E-state index is 0.490. The van der Waals surface area contributed by atoms with Crippen molar-refractivity contribution in [3.63, 3.8) is 0 Å². The molecule has 3 N–H and O–H groups in total. The number of nitrogens with two attached hydrogens (primary N) is 1. The summed E-state index contributed by atoms with van der Waals surface area (Å²) in [5, 5.41) is 7.34. The van der Waals surface area contributed by atoms with Gasteiger partial charge in [0.2, 0.25) is 0 Å². The van der Waals surface area contributed by atoms with E-state index in [-0.39, 0.29) is 0 Å². The van der Waals surface area contributed by atoms with Crippen LogP contribution < -0.4 is 11.1 Å². The van der Waals surface area contributed by atoms with E-state index >= 15 is 0 Å². The van der Waals surface area contributed by atoms with Gasteiger partial charge in [0.05, 0.1) is 6.20 Å². The van der Waals surface area contributed by atoms with Crippen molar-refractivity contribution in [1.29, 1.82) is 0 Å². The van der Waals surface area contributed by atoms with Crippen molar-refractivity contribution in [2.45, 2.75) is 32.1 Å². The van der Waals surface area contributed by atoms with Crippen LogP contribution in [0.5, 0.6) is 0 Å². The molecule has 0 aliphatic heterocycles. The molecule has 0 atom stereocenters. The van der Waals surface area contributed by atoms with Crippen LogP contribution in [0, 0.1) is 0 Å². The van der Waals surface area contributed by atoms with E-state index in [1.165, 1.54) is 36.0 Å². The number of anilines is 1. The van der Waals surface area contributed by atoms with Gasteiger partial charge in [-0.1, -0.05) is 6.07 Å². The second-order valence-electron chi connectivity index (χ2n) is 5.85. The zero-order chi connectivity index (χ0) is 15.4. The first-order valence-electron chi connectivity index (χ1n) is 7.87. The summed E-state index contributed by atoms with van der Waals surface area (Å²) in [5.41, 5.74) is 11.1. The topological polar surface area (TPSA) is 68.2 Å². The summed E-state index contributed by atoms with van der Waals surface area (Å²) in [7, 11) is 1.93. The summed E-state index contributed by atoms with van der Waals surface area (Å²) in [6.07, 6.45) is 9.52. The van der Waals surface area contributed by atoms with Crippen LogP contribution in [0.25, 0.3) is 0 Å². The molecular formula is C17H23N5. The third kappa shape index (κ3) is 3.67. The highest BCUT2D eigenvalue weighted by Gasteiger charge is 2.10. The van der Waals surface area contributed by atoms with Crippen LogP contribution in [0.2, 0.25) is 0 Å². The standard InChI is InChI=1S/C17H23N5/c1-22-12-13(11-20-22)4-3-9-19-17(18)21-16-8-7-14-5-2-6-15(14)10-16/h7-8,10-12H,2-6,9H2,1H3,(H3,18,19,21). The van der Waals surface area contributed by atoms with Gasteiger partial charge in [0.15, 0.2) is 5.96 Å². The Morgan fingerprint density at radius 1 is 1.36 bits per heavy atom. The molecule has 5 heteroatoms. The smallest absolute Gasteiger partial charge is 0.193 e. The number of hydrogen-bond donors (Lipinski definition) is 2. The number of guanidine groups is 1. The van der Waals surface area contributed by atoms with Crippen molar-refractivity contribution < 1.29 is 0 Å². The predicted octanol–water partition coefficient (Wildman–Crippen LogP) is 2.27. The molecule has 1 aromatic heterocycles. The summed E-state index contributed by atoms with van der Waals surface area (Å²) in [6.45, 7) is 0.721. The summed E-state index contributed by atoms with van der Waals surface area (Å²) in [6, 6.07) is 6.48. The van der Waals surface area contributed by atoms with E-state index < -0.39 is 0 Å². The number of aliphatic imine (C=N–C) groups is 1. The molecule has 5 nitrogen and oxygen atoms in total. The van der Waals surface area contributed by atoms with Crippen LogP contribution in [0.4, 0.5) is 5.69 Å². The fourth-order valence-corrected chi connectivity index (χ4v) is 2.92. The third-order valence-electron chi connectivity index (χ3n) is 4.03. The molecule has 0 spiro atoms. The van der Waals surface area contributed by atoms with Crippen LogP contribution in [-0.4, -0.2) is 22.3 Å². The van der Waals surface area contributed by atoms with Crippen molar-refractivity contribution in [2.24, 2.45) is 17.8 Å². The summed E-state index contributed by atoms with van der Waals surface area (Å²) in [5.74, 6) is 0.490. The molecule has 116 valence electrons. The number of hydrogen-bond acceptors (Lipinski definition) is 2. The van der Waals surface area contributed by atoms with Crippen LogP contribution in [0.3, 0.4) is 0 Å². The normalized spacial score (nSPS) is 14.1. The largest absolute Gasteiger partial charge is 0.370 e. The van der Waals surface area contributed by atoms with E-state index in [9.17, 15) is 0 Å². The lowest BCUT2D eigenvalue weighted by Gasteiger charge is -2.07. The summed E-state index contributed by atoms with van der Waals surface area (Å²) in [4.78, 5) is 4.39. The number of fused-ring (bicyclic) bond motifs is 1. The zero-order valence-electron chi connectivity index (χ0n) is 13.0. The van der Waals surface area contributed by atoms with Crippen molar-refractivity contribution >= 4 is 11.6 Å². The molecule has 0 saturated carbocycles. The lowest BCUT2D eigenvalue weighted by Crippen LogP contribution is -2.23. The molecule has 2 aromatic rings. The first-order valence-corrected chi connectivity index (χ1v) is 7.87. The van der Waals surface area contributed by atoms with Crippen molar-refractivity contribution in [3.8, 4) is 0 Å². The van der Waals surface area contributed by atoms with E-state index in [4.69, 9.17) is 5.73 Å². The molecule has 0 unspecified atom stereocenters. The maximum atomic E-state index is 5.96. The molecule has 0 fully saturated rings. The van der Waals surface area contributed by atoms with Gasteiger partial charge in [-0.15, -0.1) is 0 Å². The lowest BCUT2D eigenvalue weighted by molar-refractivity contribution is 0.765. The third-order valence-corrected chi connectivity index (χ3v) is 4.03. The maximum Gasteiger partial charge on any atom is 0.193 e. The maximum absolute atomic E-state index is 5.96. The zero-order valence-corrected chi connectivity index (χ0v) is 13.0. The molecule has 1 aliphatic rings. The van der Waals surface area contributed by atoms with E-state index in [0.717, 1.165) is 25.1 Å².